The van der Waals surface area contributed by atoms with Crippen LogP contribution in [0.4, 0.5) is 5.82 Å². The van der Waals surface area contributed by atoms with Crippen LogP contribution in [0.5, 0.6) is 0 Å². The molecule has 1 aromatic carbocycles. The molecule has 3 aromatic heterocycles. The number of nitrogens with two attached hydrogens (primary N) is 1. The second kappa shape index (κ2) is 9.41. The van der Waals surface area contributed by atoms with Gasteiger partial charge in [0.2, 0.25) is 0 Å². The van der Waals surface area contributed by atoms with Crippen LogP contribution in [0.3, 0.4) is 0 Å². The lowest BCUT2D eigenvalue weighted by Crippen LogP contribution is -2.46. The van der Waals surface area contributed by atoms with Gasteiger partial charge in [-0.25, -0.2) is 15.0 Å². The normalized spacial score (nSPS) is 28.4. The van der Waals surface area contributed by atoms with Crippen LogP contribution in [0, 0.1) is 11.8 Å². The highest BCUT2D eigenvalue weighted by Crippen LogP contribution is 2.40. The molecule has 0 spiro atoms. The third kappa shape index (κ3) is 4.30. The van der Waals surface area contributed by atoms with E-state index in [9.17, 15) is 10.2 Å². The van der Waals surface area contributed by atoms with E-state index in [1.807, 2.05) is 29.0 Å². The van der Waals surface area contributed by atoms with E-state index in [1.54, 1.807) is 0 Å². The Kier molecular flexibility index (Phi) is 6.23. The summed E-state index contributed by atoms with van der Waals surface area (Å²) in [7, 11) is 2.14. The van der Waals surface area contributed by atoms with Crippen LogP contribution in [0.25, 0.3) is 22.1 Å². The number of halogens is 1. The van der Waals surface area contributed by atoms with Crippen molar-refractivity contribution in [3.8, 4) is 0 Å². The van der Waals surface area contributed by atoms with Crippen LogP contribution < -0.4 is 5.73 Å². The average Bonchev–Trinajstić information content (AvgIpc) is 3.50. The summed E-state index contributed by atoms with van der Waals surface area (Å²) in [6.07, 6.45) is 6.83. The zero-order chi connectivity index (χ0) is 25.0. The molecule has 5 N–H and O–H groups in total. The quantitative estimate of drug-likeness (QED) is 0.276. The molecule has 0 saturated heterocycles. The van der Waals surface area contributed by atoms with E-state index in [2.05, 4.69) is 48.9 Å². The molecule has 0 amide bonds. The Morgan fingerprint density at radius 1 is 1.17 bits per heavy atom. The van der Waals surface area contributed by atoms with Crippen molar-refractivity contribution in [3.05, 3.63) is 47.1 Å². The number of hydrogen-bond donors (Lipinski definition) is 4. The van der Waals surface area contributed by atoms with Crippen LogP contribution >= 0.6 is 15.9 Å². The van der Waals surface area contributed by atoms with Gasteiger partial charge in [0, 0.05) is 35.6 Å². The number of benzene rings is 1. The van der Waals surface area contributed by atoms with Crippen molar-refractivity contribution >= 4 is 43.8 Å². The van der Waals surface area contributed by atoms with Crippen LogP contribution in [0.15, 0.2) is 41.3 Å². The van der Waals surface area contributed by atoms with Crippen LogP contribution in [0.2, 0.25) is 0 Å². The van der Waals surface area contributed by atoms with Crippen molar-refractivity contribution in [2.24, 2.45) is 11.8 Å². The number of nitrogens with one attached hydrogen (secondary N) is 1. The van der Waals surface area contributed by atoms with Gasteiger partial charge in [-0.05, 0) is 62.9 Å². The predicted molar refractivity (Wildman–Crippen MR) is 142 cm³/mol. The van der Waals surface area contributed by atoms with Gasteiger partial charge in [-0.15, -0.1) is 0 Å². The number of nitrogens with zero attached hydrogens (tertiary/aromatic N) is 5. The second-order valence-electron chi connectivity index (χ2n) is 10.6. The predicted octanol–water partition coefficient (Wildman–Crippen LogP) is 3.28. The summed E-state index contributed by atoms with van der Waals surface area (Å²) in [4.78, 5) is 18.9. The minimum Gasteiger partial charge on any atom is -0.390 e. The highest BCUT2D eigenvalue weighted by atomic mass is 79.9. The topological polar surface area (TPSA) is 129 Å². The Morgan fingerprint density at radius 3 is 2.83 bits per heavy atom. The van der Waals surface area contributed by atoms with Gasteiger partial charge in [0.05, 0.1) is 28.6 Å². The number of hydrogen-bond acceptors (Lipinski definition) is 7. The first-order chi connectivity index (χ1) is 17.4. The molecule has 0 radical (unpaired) electrons. The van der Waals surface area contributed by atoms with E-state index in [0.29, 0.717) is 29.8 Å². The van der Waals surface area contributed by atoms with Gasteiger partial charge in [-0.2, -0.15) is 0 Å². The van der Waals surface area contributed by atoms with Crippen molar-refractivity contribution in [2.75, 3.05) is 19.3 Å². The minimum absolute atomic E-state index is 0.000515. The van der Waals surface area contributed by atoms with Crippen molar-refractivity contribution in [2.45, 2.75) is 56.4 Å². The highest BCUT2D eigenvalue weighted by molar-refractivity contribution is 9.10. The van der Waals surface area contributed by atoms with Crippen LogP contribution in [0.1, 0.15) is 37.5 Å². The van der Waals surface area contributed by atoms with Crippen molar-refractivity contribution in [1.29, 1.82) is 0 Å². The summed E-state index contributed by atoms with van der Waals surface area (Å²) in [6, 6.07) is 8.30. The van der Waals surface area contributed by atoms with Gasteiger partial charge in [0.1, 0.15) is 29.7 Å². The molecule has 190 valence electrons. The van der Waals surface area contributed by atoms with Gasteiger partial charge < -0.3 is 30.4 Å². The molecule has 0 bridgehead atoms. The maximum atomic E-state index is 10.9. The number of aliphatic hydroxyl groups is 2. The summed E-state index contributed by atoms with van der Waals surface area (Å²) in [6.45, 7) is 0.765. The Hall–Kier alpha value is -2.53. The number of rotatable bonds is 7. The monoisotopic (exact) mass is 553 g/mol. The highest BCUT2D eigenvalue weighted by Gasteiger charge is 2.44. The van der Waals surface area contributed by atoms with Crippen molar-refractivity contribution < 1.29 is 10.2 Å². The number of imidazole rings is 1. The fourth-order valence-electron chi connectivity index (χ4n) is 6.12. The van der Waals surface area contributed by atoms with E-state index < -0.39 is 12.2 Å². The Morgan fingerprint density at radius 2 is 2.00 bits per heavy atom. The molecule has 2 saturated carbocycles. The molecule has 3 heterocycles. The molecular weight excluding hydrogens is 522 g/mol. The molecule has 2 fully saturated rings. The molecule has 9 nitrogen and oxygen atoms in total. The number of aliphatic hydroxyl groups excluding tert-OH is 2. The standard InChI is InChI=1S/C26H32BrN7O2/c1-33(17-8-14(9-17)2-5-22-31-19-4-3-16(27)11-20(19)32-22)12-15-10-21(24(36)23(15)35)34-7-6-18-25(28)29-13-30-26(18)34/h3-4,6-7,11,13-15,17,21,23-24,35-36H,2,5,8-10,12H2,1H3,(H,31,32)(H2,28,29,30)/t14?,15-,17?,21-,23-,24+/m1/s1. The maximum absolute atomic E-state index is 10.9. The number of fused-ring (bicyclic) bond motifs is 2. The molecule has 2 aliphatic carbocycles. The Bertz CT molecular complexity index is 1380. The lowest BCUT2D eigenvalue weighted by atomic mass is 9.76. The van der Waals surface area contributed by atoms with Crippen molar-refractivity contribution in [1.82, 2.24) is 29.4 Å². The van der Waals surface area contributed by atoms with E-state index >= 15 is 0 Å². The Labute approximate surface area is 217 Å². The third-order valence-corrected chi connectivity index (χ3v) is 8.80. The van der Waals surface area contributed by atoms with Crippen LogP contribution in [-0.2, 0) is 6.42 Å². The fraction of sp³-hybridized carbons (Fsp3) is 0.500. The molecule has 4 aromatic rings. The third-order valence-electron chi connectivity index (χ3n) is 8.31. The molecular formula is C26H32BrN7O2. The smallest absolute Gasteiger partial charge is 0.145 e. The van der Waals surface area contributed by atoms with E-state index in [4.69, 9.17) is 10.7 Å². The molecule has 10 heteroatoms. The molecule has 2 aliphatic rings. The van der Waals surface area contributed by atoms with Gasteiger partial charge in [-0.3, -0.25) is 0 Å². The first kappa shape index (κ1) is 23.8. The molecule has 0 aliphatic heterocycles. The number of H-pyrrole nitrogens is 1. The fourth-order valence-corrected chi connectivity index (χ4v) is 6.47. The minimum atomic E-state index is -0.839. The summed E-state index contributed by atoms with van der Waals surface area (Å²) < 4.78 is 2.99. The lowest BCUT2D eigenvalue weighted by Gasteiger charge is -2.42. The molecule has 6 rings (SSSR count). The summed E-state index contributed by atoms with van der Waals surface area (Å²) in [5, 5.41) is 22.5. The zero-order valence-electron chi connectivity index (χ0n) is 20.3. The maximum Gasteiger partial charge on any atom is 0.145 e. The first-order valence-corrected chi connectivity index (χ1v) is 13.4. The SMILES string of the molecule is CN(C[C@H]1C[C@@H](n2ccc3c(N)ncnc32)[C@H](O)[C@@H]1O)C1CC(CCc2nc3cc(Br)ccc3[nH]2)C1. The van der Waals surface area contributed by atoms with Gasteiger partial charge >= 0.3 is 0 Å². The van der Waals surface area contributed by atoms with Gasteiger partial charge in [0.15, 0.2) is 0 Å². The van der Waals surface area contributed by atoms with Gasteiger partial charge in [-0.1, -0.05) is 15.9 Å². The molecule has 36 heavy (non-hydrogen) atoms. The molecule has 0 unspecified atom stereocenters. The zero-order valence-corrected chi connectivity index (χ0v) is 21.8. The molecule has 4 atom stereocenters. The summed E-state index contributed by atoms with van der Waals surface area (Å²) in [5.74, 6) is 2.18. The number of aromatic amines is 1. The number of aromatic nitrogens is 5. The summed E-state index contributed by atoms with van der Waals surface area (Å²) in [5.41, 5.74) is 8.76. The number of anilines is 1. The van der Waals surface area contributed by atoms with Crippen molar-refractivity contribution in [3.63, 3.8) is 0 Å². The number of aryl methyl sites for hydroxylation is 1. The van der Waals surface area contributed by atoms with E-state index in [0.717, 1.165) is 58.9 Å². The lowest BCUT2D eigenvalue weighted by molar-refractivity contribution is -0.00658. The summed E-state index contributed by atoms with van der Waals surface area (Å²) >= 11 is 3.51. The Balaban J connectivity index is 1.02. The van der Waals surface area contributed by atoms with E-state index in [1.165, 1.54) is 6.33 Å². The number of nitrogen functional groups attached to an aromatic ring is 1. The second-order valence-corrected chi connectivity index (χ2v) is 11.5. The largest absolute Gasteiger partial charge is 0.390 e. The van der Waals surface area contributed by atoms with E-state index in [-0.39, 0.29) is 12.0 Å². The average molecular weight is 554 g/mol. The van der Waals surface area contributed by atoms with Crippen LogP contribution in [-0.4, -0.2) is 71.5 Å². The first-order valence-electron chi connectivity index (χ1n) is 12.6. The van der Waals surface area contributed by atoms with Gasteiger partial charge in [0.25, 0.3) is 0 Å².